The van der Waals surface area contributed by atoms with Gasteiger partial charge in [-0.3, -0.25) is 9.89 Å². The number of aryl methyl sites for hydroxylation is 1. The normalized spacial score (nSPS) is 19.0. The Balaban J connectivity index is 0.00000306. The maximum absolute atomic E-state index is 5.16. The Bertz CT molecular complexity index is 869. The molecule has 2 aromatic rings. The Labute approximate surface area is 212 Å². The first-order valence-corrected chi connectivity index (χ1v) is 11.5. The van der Waals surface area contributed by atoms with E-state index in [-0.39, 0.29) is 30.0 Å². The molecule has 2 aromatic heterocycles. The van der Waals surface area contributed by atoms with E-state index in [0.717, 1.165) is 88.8 Å². The summed E-state index contributed by atoms with van der Waals surface area (Å²) in [6, 6.07) is 2.14. The van der Waals surface area contributed by atoms with Gasteiger partial charge in [-0.15, -0.1) is 24.0 Å². The number of methoxy groups -OCH3 is 1. The van der Waals surface area contributed by atoms with Gasteiger partial charge >= 0.3 is 0 Å². The first kappa shape index (κ1) is 25.6. The fraction of sp³-hybridized carbons (Fsp3) is 0.667. The van der Waals surface area contributed by atoms with Crippen LogP contribution in [0, 0.1) is 0 Å². The van der Waals surface area contributed by atoms with Crippen molar-refractivity contribution in [3.8, 4) is 0 Å². The first-order chi connectivity index (χ1) is 15.7. The molecule has 0 aliphatic carbocycles. The highest BCUT2D eigenvalue weighted by Gasteiger charge is 2.22. The third-order valence-corrected chi connectivity index (χ3v) is 5.75. The standard InChI is InChI=1S/C21H34N10O.HI/c1-3-22-20(26-17-5-6-19-27-18(16-32-2)28-31(19)15-17)23-9-10-29-11-13-30(14-12-29)21-24-7-4-8-25-21;/h4,7-8,17H,3,5-6,9-16H2,1-2H3,(H2,22,23,26);1H. The van der Waals surface area contributed by atoms with Gasteiger partial charge < -0.3 is 20.3 Å². The lowest BCUT2D eigenvalue weighted by Crippen LogP contribution is -2.48. The second-order valence-electron chi connectivity index (χ2n) is 8.08. The van der Waals surface area contributed by atoms with Crippen LogP contribution in [-0.2, 0) is 24.3 Å². The molecule has 33 heavy (non-hydrogen) atoms. The van der Waals surface area contributed by atoms with E-state index in [4.69, 9.17) is 9.73 Å². The van der Waals surface area contributed by atoms with Crippen molar-refractivity contribution in [3.05, 3.63) is 30.1 Å². The van der Waals surface area contributed by atoms with E-state index in [0.29, 0.717) is 6.61 Å². The molecule has 1 unspecified atom stereocenters. The fourth-order valence-corrected chi connectivity index (χ4v) is 4.11. The number of hydrogen-bond acceptors (Lipinski definition) is 8. The molecule has 1 fully saturated rings. The number of ether oxygens (including phenoxy) is 1. The number of piperazine rings is 1. The number of fused-ring (bicyclic) bond motifs is 1. The lowest BCUT2D eigenvalue weighted by molar-refractivity contribution is 0.177. The van der Waals surface area contributed by atoms with Crippen molar-refractivity contribution in [2.75, 3.05) is 57.8 Å². The largest absolute Gasteiger partial charge is 0.377 e. The summed E-state index contributed by atoms with van der Waals surface area (Å²) in [5, 5.41) is 11.5. The molecular weight excluding hydrogens is 535 g/mol. The van der Waals surface area contributed by atoms with Crippen LogP contribution in [0.3, 0.4) is 0 Å². The number of aliphatic imine (C=N–C) groups is 1. The van der Waals surface area contributed by atoms with Crippen molar-refractivity contribution >= 4 is 35.9 Å². The van der Waals surface area contributed by atoms with Gasteiger partial charge in [0.15, 0.2) is 11.8 Å². The van der Waals surface area contributed by atoms with E-state index in [1.54, 1.807) is 19.5 Å². The Morgan fingerprint density at radius 2 is 2.00 bits per heavy atom. The summed E-state index contributed by atoms with van der Waals surface area (Å²) in [6.45, 7) is 9.76. The summed E-state index contributed by atoms with van der Waals surface area (Å²) in [5.74, 6) is 3.48. The molecule has 12 heteroatoms. The summed E-state index contributed by atoms with van der Waals surface area (Å²) >= 11 is 0. The van der Waals surface area contributed by atoms with Crippen molar-refractivity contribution in [3.63, 3.8) is 0 Å². The van der Waals surface area contributed by atoms with Crippen molar-refractivity contribution in [1.82, 2.24) is 40.3 Å². The van der Waals surface area contributed by atoms with Crippen LogP contribution in [0.25, 0.3) is 0 Å². The first-order valence-electron chi connectivity index (χ1n) is 11.5. The SMILES string of the molecule is CCNC(=NCCN1CCN(c2ncccn2)CC1)NC1CCc2nc(COC)nn2C1.I. The molecular formula is C21H35IN10O. The third-order valence-electron chi connectivity index (χ3n) is 5.75. The average Bonchev–Trinajstić information content (AvgIpc) is 3.22. The number of halogens is 1. The monoisotopic (exact) mass is 570 g/mol. The van der Waals surface area contributed by atoms with Crippen molar-refractivity contribution in [2.45, 2.75) is 39.0 Å². The number of anilines is 1. The van der Waals surface area contributed by atoms with Crippen LogP contribution < -0.4 is 15.5 Å². The van der Waals surface area contributed by atoms with E-state index in [9.17, 15) is 0 Å². The summed E-state index contributed by atoms with van der Waals surface area (Å²) in [6.07, 6.45) is 5.52. The molecule has 1 atom stereocenters. The van der Waals surface area contributed by atoms with Crippen LogP contribution in [0.5, 0.6) is 0 Å². The molecule has 4 heterocycles. The molecule has 182 valence electrons. The average molecular weight is 570 g/mol. The number of nitrogens with one attached hydrogen (secondary N) is 2. The van der Waals surface area contributed by atoms with Gasteiger partial charge in [0.05, 0.1) is 13.1 Å². The van der Waals surface area contributed by atoms with Gasteiger partial charge in [0, 0.05) is 71.2 Å². The second kappa shape index (κ2) is 13.0. The fourth-order valence-electron chi connectivity index (χ4n) is 4.11. The van der Waals surface area contributed by atoms with Gasteiger partial charge in [-0.25, -0.2) is 19.6 Å². The van der Waals surface area contributed by atoms with Crippen LogP contribution in [0.15, 0.2) is 23.5 Å². The van der Waals surface area contributed by atoms with Crippen LogP contribution in [0.2, 0.25) is 0 Å². The van der Waals surface area contributed by atoms with E-state index in [1.165, 1.54) is 0 Å². The summed E-state index contributed by atoms with van der Waals surface area (Å²) in [5.41, 5.74) is 0. The van der Waals surface area contributed by atoms with Crippen LogP contribution in [0.1, 0.15) is 25.0 Å². The van der Waals surface area contributed by atoms with Gasteiger partial charge in [0.25, 0.3) is 0 Å². The number of hydrogen-bond donors (Lipinski definition) is 2. The lowest BCUT2D eigenvalue weighted by atomic mass is 10.1. The van der Waals surface area contributed by atoms with Gasteiger partial charge in [-0.05, 0) is 19.4 Å². The lowest BCUT2D eigenvalue weighted by Gasteiger charge is -2.34. The van der Waals surface area contributed by atoms with Crippen LogP contribution in [-0.4, -0.2) is 94.6 Å². The summed E-state index contributed by atoms with van der Waals surface area (Å²) in [7, 11) is 1.67. The third kappa shape index (κ3) is 7.21. The van der Waals surface area contributed by atoms with E-state index >= 15 is 0 Å². The van der Waals surface area contributed by atoms with Gasteiger partial charge in [-0.1, -0.05) is 0 Å². The molecule has 0 radical (unpaired) electrons. The highest BCUT2D eigenvalue weighted by atomic mass is 127. The molecule has 2 aliphatic rings. The summed E-state index contributed by atoms with van der Waals surface area (Å²) in [4.78, 5) is 22.8. The molecule has 0 saturated carbocycles. The quantitative estimate of drug-likeness (QED) is 0.267. The smallest absolute Gasteiger partial charge is 0.225 e. The zero-order valence-electron chi connectivity index (χ0n) is 19.5. The molecule has 2 aliphatic heterocycles. The van der Waals surface area contributed by atoms with Crippen LogP contribution in [0.4, 0.5) is 5.95 Å². The molecule has 0 aromatic carbocycles. The molecule has 0 spiro atoms. The van der Waals surface area contributed by atoms with Crippen LogP contribution >= 0.6 is 24.0 Å². The highest BCUT2D eigenvalue weighted by Crippen LogP contribution is 2.13. The zero-order valence-corrected chi connectivity index (χ0v) is 21.8. The molecule has 0 bridgehead atoms. The maximum atomic E-state index is 5.16. The predicted octanol–water partition coefficient (Wildman–Crippen LogP) is 0.525. The molecule has 1 saturated heterocycles. The Morgan fingerprint density at radius 1 is 1.21 bits per heavy atom. The predicted molar refractivity (Wildman–Crippen MR) is 138 cm³/mol. The van der Waals surface area contributed by atoms with E-state index < -0.39 is 0 Å². The minimum atomic E-state index is 0. The zero-order chi connectivity index (χ0) is 22.2. The summed E-state index contributed by atoms with van der Waals surface area (Å²) < 4.78 is 7.15. The molecule has 2 N–H and O–H groups in total. The van der Waals surface area contributed by atoms with E-state index in [2.05, 4.69) is 47.4 Å². The number of aromatic nitrogens is 5. The highest BCUT2D eigenvalue weighted by molar-refractivity contribution is 14.0. The minimum Gasteiger partial charge on any atom is -0.377 e. The van der Waals surface area contributed by atoms with Gasteiger partial charge in [0.1, 0.15) is 12.4 Å². The number of guanidine groups is 1. The Kier molecular flexibility index (Phi) is 10.1. The topological polar surface area (TPSA) is 109 Å². The Hall–Kier alpha value is -2.06. The minimum absolute atomic E-state index is 0. The second-order valence-corrected chi connectivity index (χ2v) is 8.08. The molecule has 0 amide bonds. The Morgan fingerprint density at radius 3 is 2.73 bits per heavy atom. The van der Waals surface area contributed by atoms with Crippen molar-refractivity contribution in [2.24, 2.45) is 4.99 Å². The number of rotatable bonds is 8. The molecule has 4 rings (SSSR count). The number of nitrogens with zero attached hydrogens (tertiary/aromatic N) is 8. The molecule has 11 nitrogen and oxygen atoms in total. The van der Waals surface area contributed by atoms with Gasteiger partial charge in [0.2, 0.25) is 5.95 Å². The van der Waals surface area contributed by atoms with E-state index in [1.807, 2.05) is 10.7 Å². The van der Waals surface area contributed by atoms with Gasteiger partial charge in [-0.2, -0.15) is 5.10 Å². The van der Waals surface area contributed by atoms with Crippen molar-refractivity contribution in [1.29, 1.82) is 0 Å². The van der Waals surface area contributed by atoms with Crippen molar-refractivity contribution < 1.29 is 4.74 Å². The maximum Gasteiger partial charge on any atom is 0.225 e.